The third-order valence-corrected chi connectivity index (χ3v) is 4.83. The van der Waals surface area contributed by atoms with Crippen molar-refractivity contribution >= 4 is 17.2 Å². The van der Waals surface area contributed by atoms with Crippen LogP contribution >= 0.6 is 0 Å². The molecule has 0 aliphatic carbocycles. The molecule has 0 radical (unpaired) electrons. The molecule has 1 fully saturated rings. The van der Waals surface area contributed by atoms with Gasteiger partial charge < -0.3 is 14.4 Å². The zero-order valence-corrected chi connectivity index (χ0v) is 15.5. The highest BCUT2D eigenvalue weighted by molar-refractivity contribution is 6.06. The Hall–Kier alpha value is -3.27. The van der Waals surface area contributed by atoms with Gasteiger partial charge in [0.15, 0.2) is 0 Å². The van der Waals surface area contributed by atoms with E-state index in [1.54, 1.807) is 14.2 Å². The fraction of sp³-hybridized carbons (Fsp3) is 0.174. The quantitative estimate of drug-likeness (QED) is 0.613. The van der Waals surface area contributed by atoms with Crippen LogP contribution in [0.3, 0.4) is 0 Å². The SMILES string of the molecule is COc1ccc(C2CC(=Nc3ccccc3)N2c2ccc(OC)cc2)cc1. The summed E-state index contributed by atoms with van der Waals surface area (Å²) in [6, 6.07) is 26.7. The Morgan fingerprint density at radius 1 is 0.778 bits per heavy atom. The van der Waals surface area contributed by atoms with E-state index in [2.05, 4.69) is 29.2 Å². The van der Waals surface area contributed by atoms with E-state index >= 15 is 0 Å². The molecule has 3 aromatic rings. The Labute approximate surface area is 159 Å². The van der Waals surface area contributed by atoms with Crippen LogP contribution in [0.4, 0.5) is 11.4 Å². The van der Waals surface area contributed by atoms with Crippen molar-refractivity contribution in [1.82, 2.24) is 0 Å². The second-order valence-electron chi connectivity index (χ2n) is 6.42. The summed E-state index contributed by atoms with van der Waals surface area (Å²) < 4.78 is 10.6. The third-order valence-electron chi connectivity index (χ3n) is 4.83. The van der Waals surface area contributed by atoms with Gasteiger partial charge in [-0.25, -0.2) is 4.99 Å². The molecule has 1 heterocycles. The molecule has 1 aliphatic rings. The topological polar surface area (TPSA) is 34.1 Å². The molecule has 0 spiro atoms. The van der Waals surface area contributed by atoms with E-state index in [1.165, 1.54) is 5.56 Å². The Balaban J connectivity index is 1.67. The molecule has 4 rings (SSSR count). The summed E-state index contributed by atoms with van der Waals surface area (Å²) >= 11 is 0. The van der Waals surface area contributed by atoms with Crippen LogP contribution in [0, 0.1) is 0 Å². The summed E-state index contributed by atoms with van der Waals surface area (Å²) in [6.45, 7) is 0. The van der Waals surface area contributed by atoms with Gasteiger partial charge in [0.1, 0.15) is 17.3 Å². The van der Waals surface area contributed by atoms with Crippen LogP contribution in [0.25, 0.3) is 0 Å². The van der Waals surface area contributed by atoms with Crippen molar-refractivity contribution in [2.75, 3.05) is 19.1 Å². The standard InChI is InChI=1S/C23H22N2O2/c1-26-20-12-8-17(9-13-20)22-16-23(24-18-6-4-3-5-7-18)25(22)19-10-14-21(27-2)15-11-19/h3-15,22H,16H2,1-2H3. The minimum absolute atomic E-state index is 0.256. The molecule has 0 amide bonds. The molecule has 3 aromatic carbocycles. The van der Waals surface area contributed by atoms with Gasteiger partial charge in [-0.1, -0.05) is 30.3 Å². The van der Waals surface area contributed by atoms with Crippen LogP contribution in [-0.4, -0.2) is 20.1 Å². The average Bonchev–Trinajstić information content (AvgIpc) is 2.72. The number of benzene rings is 3. The summed E-state index contributed by atoms with van der Waals surface area (Å²) in [5.74, 6) is 2.78. The summed E-state index contributed by atoms with van der Waals surface area (Å²) in [5, 5.41) is 0. The van der Waals surface area contributed by atoms with Crippen LogP contribution in [0.15, 0.2) is 83.9 Å². The summed E-state index contributed by atoms with van der Waals surface area (Å²) in [5.41, 5.74) is 3.33. The number of methoxy groups -OCH3 is 2. The number of hydrogen-bond donors (Lipinski definition) is 0. The van der Waals surface area contributed by atoms with Crippen LogP contribution in [0.2, 0.25) is 0 Å². The first kappa shape index (κ1) is 17.2. The zero-order valence-electron chi connectivity index (χ0n) is 15.5. The van der Waals surface area contributed by atoms with Crippen LogP contribution in [0.1, 0.15) is 18.0 Å². The Morgan fingerprint density at radius 3 is 1.96 bits per heavy atom. The first-order valence-corrected chi connectivity index (χ1v) is 8.98. The maximum absolute atomic E-state index is 5.30. The van der Waals surface area contributed by atoms with Gasteiger partial charge in [-0.2, -0.15) is 0 Å². The van der Waals surface area contributed by atoms with E-state index in [1.807, 2.05) is 54.6 Å². The highest BCUT2D eigenvalue weighted by atomic mass is 16.5. The normalized spacial score (nSPS) is 17.5. The lowest BCUT2D eigenvalue weighted by Crippen LogP contribution is -2.46. The molecule has 0 aromatic heterocycles. The maximum atomic E-state index is 5.30. The Morgan fingerprint density at radius 2 is 1.37 bits per heavy atom. The minimum atomic E-state index is 0.256. The fourth-order valence-electron chi connectivity index (χ4n) is 3.35. The number of aliphatic imine (C=N–C) groups is 1. The molecule has 0 bridgehead atoms. The van der Waals surface area contributed by atoms with E-state index in [-0.39, 0.29) is 6.04 Å². The van der Waals surface area contributed by atoms with Gasteiger partial charge in [-0.3, -0.25) is 0 Å². The predicted octanol–water partition coefficient (Wildman–Crippen LogP) is 5.39. The van der Waals surface area contributed by atoms with Crippen LogP contribution in [-0.2, 0) is 0 Å². The third kappa shape index (κ3) is 3.51. The second-order valence-corrected chi connectivity index (χ2v) is 6.42. The van der Waals surface area contributed by atoms with E-state index in [9.17, 15) is 0 Å². The maximum Gasteiger partial charge on any atom is 0.119 e. The monoisotopic (exact) mass is 358 g/mol. The lowest BCUT2D eigenvalue weighted by Gasteiger charge is -2.44. The van der Waals surface area contributed by atoms with E-state index in [0.717, 1.165) is 35.1 Å². The van der Waals surface area contributed by atoms with E-state index < -0.39 is 0 Å². The molecular formula is C23H22N2O2. The van der Waals surface area contributed by atoms with Gasteiger partial charge in [-0.15, -0.1) is 0 Å². The number of amidine groups is 1. The molecule has 0 saturated carbocycles. The molecule has 27 heavy (non-hydrogen) atoms. The van der Waals surface area contributed by atoms with Crippen molar-refractivity contribution in [1.29, 1.82) is 0 Å². The highest BCUT2D eigenvalue weighted by Gasteiger charge is 2.36. The van der Waals surface area contributed by atoms with Crippen molar-refractivity contribution in [3.8, 4) is 11.5 Å². The Kier molecular flexibility index (Phi) is 4.79. The molecule has 1 aliphatic heterocycles. The number of rotatable bonds is 5. The van der Waals surface area contributed by atoms with Gasteiger partial charge >= 0.3 is 0 Å². The molecule has 4 heteroatoms. The van der Waals surface area contributed by atoms with E-state index in [4.69, 9.17) is 14.5 Å². The van der Waals surface area contributed by atoms with Crippen molar-refractivity contribution in [3.05, 3.63) is 84.4 Å². The summed E-state index contributed by atoms with van der Waals surface area (Å²) in [6.07, 6.45) is 0.896. The van der Waals surface area contributed by atoms with Crippen molar-refractivity contribution < 1.29 is 9.47 Å². The second kappa shape index (κ2) is 7.54. The van der Waals surface area contributed by atoms with Gasteiger partial charge in [0.05, 0.1) is 25.9 Å². The van der Waals surface area contributed by atoms with Gasteiger partial charge in [0.25, 0.3) is 0 Å². The molecule has 4 nitrogen and oxygen atoms in total. The predicted molar refractivity (Wildman–Crippen MR) is 109 cm³/mol. The Bertz CT molecular complexity index is 919. The lowest BCUT2D eigenvalue weighted by atomic mass is 9.92. The van der Waals surface area contributed by atoms with Gasteiger partial charge in [-0.05, 0) is 54.1 Å². The number of anilines is 1. The number of hydrogen-bond acceptors (Lipinski definition) is 3. The molecule has 1 saturated heterocycles. The molecule has 0 N–H and O–H groups in total. The number of para-hydroxylation sites is 1. The highest BCUT2D eigenvalue weighted by Crippen LogP contribution is 2.41. The first-order chi connectivity index (χ1) is 13.3. The average molecular weight is 358 g/mol. The zero-order chi connectivity index (χ0) is 18.6. The van der Waals surface area contributed by atoms with Crippen LogP contribution in [0.5, 0.6) is 11.5 Å². The number of nitrogens with zero attached hydrogens (tertiary/aromatic N) is 2. The van der Waals surface area contributed by atoms with E-state index in [0.29, 0.717) is 0 Å². The van der Waals surface area contributed by atoms with Crippen molar-refractivity contribution in [2.45, 2.75) is 12.5 Å². The molecule has 1 unspecified atom stereocenters. The summed E-state index contributed by atoms with van der Waals surface area (Å²) in [7, 11) is 3.37. The van der Waals surface area contributed by atoms with Crippen molar-refractivity contribution in [3.63, 3.8) is 0 Å². The van der Waals surface area contributed by atoms with Gasteiger partial charge in [0, 0.05) is 12.1 Å². The molecule has 1 atom stereocenters. The minimum Gasteiger partial charge on any atom is -0.497 e. The lowest BCUT2D eigenvalue weighted by molar-refractivity contribution is 0.414. The molecule has 136 valence electrons. The van der Waals surface area contributed by atoms with Crippen molar-refractivity contribution in [2.24, 2.45) is 4.99 Å². The smallest absolute Gasteiger partial charge is 0.119 e. The van der Waals surface area contributed by atoms with Crippen LogP contribution < -0.4 is 14.4 Å². The largest absolute Gasteiger partial charge is 0.497 e. The molecular weight excluding hydrogens is 336 g/mol. The first-order valence-electron chi connectivity index (χ1n) is 8.98. The number of ether oxygens (including phenoxy) is 2. The summed E-state index contributed by atoms with van der Waals surface area (Å²) in [4.78, 5) is 7.15. The van der Waals surface area contributed by atoms with Gasteiger partial charge in [0.2, 0.25) is 0 Å². The fourth-order valence-corrected chi connectivity index (χ4v) is 3.35.